The molecule has 4 nitrogen and oxygen atoms in total. The highest BCUT2D eigenvalue weighted by molar-refractivity contribution is 5.11. The topological polar surface area (TPSA) is 55.3 Å². The van der Waals surface area contributed by atoms with Gasteiger partial charge < -0.3 is 10.2 Å². The summed E-state index contributed by atoms with van der Waals surface area (Å²) in [5.41, 5.74) is 6.88. The molecule has 2 aromatic rings. The van der Waals surface area contributed by atoms with Crippen LogP contribution >= 0.6 is 0 Å². The third-order valence-electron chi connectivity index (χ3n) is 2.98. The van der Waals surface area contributed by atoms with E-state index in [0.29, 0.717) is 6.54 Å². The molecule has 0 fully saturated rings. The van der Waals surface area contributed by atoms with Crippen LogP contribution in [-0.2, 0) is 6.54 Å². The zero-order valence-corrected chi connectivity index (χ0v) is 10.8. The van der Waals surface area contributed by atoms with E-state index in [1.165, 1.54) is 0 Å². The van der Waals surface area contributed by atoms with Gasteiger partial charge in [-0.25, -0.2) is 0 Å². The quantitative estimate of drug-likeness (QED) is 0.876. The van der Waals surface area contributed by atoms with E-state index in [1.54, 1.807) is 6.20 Å². The number of aromatic nitrogens is 1. The van der Waals surface area contributed by atoms with Gasteiger partial charge in [0.15, 0.2) is 0 Å². The number of hydrogen-bond donors (Lipinski definition) is 1. The van der Waals surface area contributed by atoms with Crippen LogP contribution in [0.1, 0.15) is 23.3 Å². The maximum Gasteiger partial charge on any atom is 0.122 e. The highest BCUT2D eigenvalue weighted by atomic mass is 16.3. The van der Waals surface area contributed by atoms with Gasteiger partial charge in [0.2, 0.25) is 0 Å². The fourth-order valence-electron chi connectivity index (χ4n) is 2.00. The van der Waals surface area contributed by atoms with Crippen LogP contribution in [0.4, 0.5) is 0 Å². The van der Waals surface area contributed by atoms with Crippen LogP contribution < -0.4 is 5.73 Å². The van der Waals surface area contributed by atoms with Crippen LogP contribution in [0.5, 0.6) is 0 Å². The maximum absolute atomic E-state index is 5.85. The van der Waals surface area contributed by atoms with Crippen molar-refractivity contribution >= 4 is 0 Å². The molecule has 0 aliphatic carbocycles. The molecule has 0 bridgehead atoms. The minimum atomic E-state index is 0.0840. The Labute approximate surface area is 107 Å². The van der Waals surface area contributed by atoms with Gasteiger partial charge >= 0.3 is 0 Å². The van der Waals surface area contributed by atoms with Crippen LogP contribution in [0, 0.1) is 6.92 Å². The van der Waals surface area contributed by atoms with Crippen molar-refractivity contribution in [2.75, 3.05) is 13.6 Å². The first-order valence-corrected chi connectivity index (χ1v) is 6.07. The van der Waals surface area contributed by atoms with Gasteiger partial charge in [0.05, 0.1) is 11.7 Å². The average Bonchev–Trinajstić information content (AvgIpc) is 2.78. The Kier molecular flexibility index (Phi) is 4.12. The third kappa shape index (κ3) is 2.97. The molecule has 0 radical (unpaired) electrons. The summed E-state index contributed by atoms with van der Waals surface area (Å²) < 4.78 is 5.65. The molecule has 0 aromatic carbocycles. The molecule has 2 N–H and O–H groups in total. The number of likely N-dealkylation sites (N-methyl/N-ethyl adjacent to an activating group) is 1. The standard InChI is InChI=1S/C14H19N3O/c1-11-6-7-14(18-11)13(9-15)17(2)10-12-5-3-4-8-16-12/h3-8,13H,9-10,15H2,1-2H3. The SMILES string of the molecule is Cc1ccc(C(CN)N(C)Cc2ccccn2)o1. The molecular weight excluding hydrogens is 226 g/mol. The number of aryl methyl sites for hydroxylation is 1. The van der Waals surface area contributed by atoms with Gasteiger partial charge in [-0.3, -0.25) is 9.88 Å². The molecule has 0 spiro atoms. The van der Waals surface area contributed by atoms with Crippen molar-refractivity contribution in [3.05, 3.63) is 53.7 Å². The van der Waals surface area contributed by atoms with Crippen molar-refractivity contribution in [1.82, 2.24) is 9.88 Å². The second kappa shape index (κ2) is 5.80. The first-order valence-electron chi connectivity index (χ1n) is 6.07. The lowest BCUT2D eigenvalue weighted by molar-refractivity contribution is 0.209. The van der Waals surface area contributed by atoms with Crippen LogP contribution in [0.15, 0.2) is 40.9 Å². The lowest BCUT2D eigenvalue weighted by Crippen LogP contribution is -2.30. The van der Waals surface area contributed by atoms with E-state index in [9.17, 15) is 0 Å². The highest BCUT2D eigenvalue weighted by Gasteiger charge is 2.19. The third-order valence-corrected chi connectivity index (χ3v) is 2.98. The van der Waals surface area contributed by atoms with E-state index >= 15 is 0 Å². The molecule has 2 heterocycles. The molecule has 1 unspecified atom stereocenters. The van der Waals surface area contributed by atoms with E-state index in [1.807, 2.05) is 44.3 Å². The molecule has 0 aliphatic rings. The predicted molar refractivity (Wildman–Crippen MR) is 70.9 cm³/mol. The van der Waals surface area contributed by atoms with Gasteiger partial charge in [0, 0.05) is 19.3 Å². The number of nitrogens with zero attached hydrogens (tertiary/aromatic N) is 2. The Hall–Kier alpha value is -1.65. The Morgan fingerprint density at radius 2 is 2.17 bits per heavy atom. The summed E-state index contributed by atoms with van der Waals surface area (Å²) in [6.45, 7) is 3.22. The van der Waals surface area contributed by atoms with Gasteiger partial charge in [-0.05, 0) is 38.2 Å². The van der Waals surface area contributed by atoms with E-state index in [0.717, 1.165) is 23.8 Å². The minimum absolute atomic E-state index is 0.0840. The monoisotopic (exact) mass is 245 g/mol. The minimum Gasteiger partial charge on any atom is -0.465 e. The Morgan fingerprint density at radius 3 is 2.72 bits per heavy atom. The smallest absolute Gasteiger partial charge is 0.122 e. The molecule has 18 heavy (non-hydrogen) atoms. The molecular formula is C14H19N3O. The van der Waals surface area contributed by atoms with Gasteiger partial charge in [-0.1, -0.05) is 6.07 Å². The van der Waals surface area contributed by atoms with E-state index in [-0.39, 0.29) is 6.04 Å². The molecule has 0 amide bonds. The lowest BCUT2D eigenvalue weighted by atomic mass is 10.2. The summed E-state index contributed by atoms with van der Waals surface area (Å²) in [6.07, 6.45) is 1.80. The fraction of sp³-hybridized carbons (Fsp3) is 0.357. The second-order valence-electron chi connectivity index (χ2n) is 4.44. The number of rotatable bonds is 5. The maximum atomic E-state index is 5.85. The van der Waals surface area contributed by atoms with Crippen molar-refractivity contribution in [1.29, 1.82) is 0 Å². The predicted octanol–water partition coefficient (Wildman–Crippen LogP) is 2.11. The molecule has 0 aliphatic heterocycles. The molecule has 0 saturated heterocycles. The largest absolute Gasteiger partial charge is 0.465 e. The highest BCUT2D eigenvalue weighted by Crippen LogP contribution is 2.21. The summed E-state index contributed by atoms with van der Waals surface area (Å²) in [5.74, 6) is 1.82. The lowest BCUT2D eigenvalue weighted by Gasteiger charge is -2.24. The number of pyridine rings is 1. The van der Waals surface area contributed by atoms with Crippen molar-refractivity contribution in [2.24, 2.45) is 5.73 Å². The normalized spacial score (nSPS) is 12.9. The summed E-state index contributed by atoms with van der Waals surface area (Å²) in [6, 6.07) is 9.96. The van der Waals surface area contributed by atoms with E-state index in [4.69, 9.17) is 10.2 Å². The first kappa shape index (κ1) is 12.8. The van der Waals surface area contributed by atoms with E-state index in [2.05, 4.69) is 9.88 Å². The molecule has 0 saturated carbocycles. The van der Waals surface area contributed by atoms with Gasteiger partial charge in [-0.15, -0.1) is 0 Å². The molecule has 4 heteroatoms. The zero-order chi connectivity index (χ0) is 13.0. The van der Waals surface area contributed by atoms with Gasteiger partial charge in [0.1, 0.15) is 11.5 Å². The Balaban J connectivity index is 2.08. The number of furan rings is 1. The van der Waals surface area contributed by atoms with Crippen LogP contribution in [0.3, 0.4) is 0 Å². The summed E-state index contributed by atoms with van der Waals surface area (Å²) in [4.78, 5) is 6.47. The van der Waals surface area contributed by atoms with Crippen LogP contribution in [-0.4, -0.2) is 23.5 Å². The van der Waals surface area contributed by atoms with Crippen LogP contribution in [0.25, 0.3) is 0 Å². The van der Waals surface area contributed by atoms with Crippen molar-refractivity contribution in [3.8, 4) is 0 Å². The Morgan fingerprint density at radius 1 is 1.33 bits per heavy atom. The second-order valence-corrected chi connectivity index (χ2v) is 4.44. The molecule has 2 aromatic heterocycles. The average molecular weight is 245 g/mol. The van der Waals surface area contributed by atoms with Crippen molar-refractivity contribution in [3.63, 3.8) is 0 Å². The number of nitrogens with two attached hydrogens (primary N) is 1. The Bertz CT molecular complexity index is 481. The fourth-order valence-corrected chi connectivity index (χ4v) is 2.00. The van der Waals surface area contributed by atoms with Crippen LogP contribution in [0.2, 0.25) is 0 Å². The van der Waals surface area contributed by atoms with Crippen molar-refractivity contribution < 1.29 is 4.42 Å². The summed E-state index contributed by atoms with van der Waals surface area (Å²) >= 11 is 0. The molecule has 96 valence electrons. The zero-order valence-electron chi connectivity index (χ0n) is 10.8. The number of hydrogen-bond acceptors (Lipinski definition) is 4. The van der Waals surface area contributed by atoms with Gasteiger partial charge in [-0.2, -0.15) is 0 Å². The first-order chi connectivity index (χ1) is 8.70. The molecule has 2 rings (SSSR count). The summed E-state index contributed by atoms with van der Waals surface area (Å²) in [7, 11) is 2.03. The van der Waals surface area contributed by atoms with Gasteiger partial charge in [0.25, 0.3) is 0 Å². The summed E-state index contributed by atoms with van der Waals surface area (Å²) in [5, 5.41) is 0. The molecule has 1 atom stereocenters. The van der Waals surface area contributed by atoms with Crippen molar-refractivity contribution in [2.45, 2.75) is 19.5 Å². The van der Waals surface area contributed by atoms with E-state index < -0.39 is 0 Å².